The Morgan fingerprint density at radius 1 is 1.24 bits per heavy atom. The minimum absolute atomic E-state index is 0.314. The molecule has 1 aromatic rings. The van der Waals surface area contributed by atoms with E-state index in [1.807, 2.05) is 0 Å². The van der Waals surface area contributed by atoms with Crippen LogP contribution in [0.4, 0.5) is 0 Å². The van der Waals surface area contributed by atoms with Crippen molar-refractivity contribution < 1.29 is 0 Å². The van der Waals surface area contributed by atoms with Crippen molar-refractivity contribution >= 4 is 0 Å². The lowest BCUT2D eigenvalue weighted by molar-refractivity contribution is 0.318. The first-order valence-electron chi connectivity index (χ1n) is 7.01. The van der Waals surface area contributed by atoms with Crippen molar-refractivity contribution in [3.63, 3.8) is 0 Å². The lowest BCUT2D eigenvalue weighted by atomic mass is 9.87. The van der Waals surface area contributed by atoms with Gasteiger partial charge in [0.05, 0.1) is 5.69 Å². The van der Waals surface area contributed by atoms with Crippen LogP contribution in [0.3, 0.4) is 0 Å². The first-order chi connectivity index (χ1) is 7.90. The van der Waals surface area contributed by atoms with Gasteiger partial charge in [0.15, 0.2) is 0 Å². The van der Waals surface area contributed by atoms with Gasteiger partial charge in [-0.25, -0.2) is 4.98 Å². The molecule has 3 atom stereocenters. The fourth-order valence-electron chi connectivity index (χ4n) is 4.18. The number of hydrogen-bond donors (Lipinski definition) is 0. The third kappa shape index (κ3) is 1.49. The summed E-state index contributed by atoms with van der Waals surface area (Å²) < 4.78 is 2.57. The van der Waals surface area contributed by atoms with Gasteiger partial charge >= 0.3 is 0 Å². The molecule has 0 bridgehead atoms. The predicted octanol–water partition coefficient (Wildman–Crippen LogP) is 3.81. The summed E-state index contributed by atoms with van der Waals surface area (Å²) in [4.78, 5) is 4.97. The Morgan fingerprint density at radius 2 is 1.94 bits per heavy atom. The lowest BCUT2D eigenvalue weighted by Gasteiger charge is -2.32. The standard InChI is InChI=1S/C15H24N2/c1-9-6-11(3)17-12(7-9)16-13-10(2)8-15(4,5)14(13)17/h9-11H,6-8H2,1-5H3. The summed E-state index contributed by atoms with van der Waals surface area (Å²) in [6, 6.07) is 0.634. The maximum atomic E-state index is 4.97. The highest BCUT2D eigenvalue weighted by molar-refractivity contribution is 5.35. The molecule has 94 valence electrons. The first-order valence-corrected chi connectivity index (χ1v) is 7.01. The largest absolute Gasteiger partial charge is 0.328 e. The summed E-state index contributed by atoms with van der Waals surface area (Å²) in [5.41, 5.74) is 3.25. The average Bonchev–Trinajstić information content (AvgIpc) is 2.64. The molecule has 1 aliphatic heterocycles. The molecule has 3 rings (SSSR count). The summed E-state index contributed by atoms with van der Waals surface area (Å²) in [5, 5.41) is 0. The molecule has 2 nitrogen and oxygen atoms in total. The molecule has 0 spiro atoms. The van der Waals surface area contributed by atoms with Gasteiger partial charge in [-0.3, -0.25) is 0 Å². The van der Waals surface area contributed by atoms with Crippen molar-refractivity contribution in [3.05, 3.63) is 17.2 Å². The molecule has 1 aromatic heterocycles. The second-order valence-electron chi connectivity index (χ2n) is 7.01. The number of imidazole rings is 1. The zero-order chi connectivity index (χ0) is 12.4. The molecule has 3 unspecified atom stereocenters. The molecular weight excluding hydrogens is 208 g/mol. The van der Waals surface area contributed by atoms with E-state index in [0.29, 0.717) is 17.4 Å². The van der Waals surface area contributed by atoms with E-state index < -0.39 is 0 Å². The Bertz CT molecular complexity index is 456. The zero-order valence-electron chi connectivity index (χ0n) is 11.7. The number of rotatable bonds is 0. The van der Waals surface area contributed by atoms with E-state index in [1.165, 1.54) is 30.8 Å². The van der Waals surface area contributed by atoms with Crippen LogP contribution < -0.4 is 0 Å². The predicted molar refractivity (Wildman–Crippen MR) is 70.5 cm³/mol. The number of nitrogens with zero attached hydrogens (tertiary/aromatic N) is 2. The van der Waals surface area contributed by atoms with E-state index in [1.54, 1.807) is 5.69 Å². The molecule has 2 heterocycles. The van der Waals surface area contributed by atoms with Gasteiger partial charge in [-0.2, -0.15) is 0 Å². The van der Waals surface area contributed by atoms with Crippen molar-refractivity contribution in [1.29, 1.82) is 0 Å². The molecule has 2 aliphatic rings. The van der Waals surface area contributed by atoms with E-state index in [9.17, 15) is 0 Å². The van der Waals surface area contributed by atoms with Gasteiger partial charge in [0.2, 0.25) is 0 Å². The molecule has 0 saturated carbocycles. The van der Waals surface area contributed by atoms with Crippen LogP contribution in [0.1, 0.15) is 76.6 Å². The molecule has 0 amide bonds. The second-order valence-corrected chi connectivity index (χ2v) is 7.01. The van der Waals surface area contributed by atoms with Crippen LogP contribution in [0.15, 0.2) is 0 Å². The van der Waals surface area contributed by atoms with Crippen LogP contribution >= 0.6 is 0 Å². The number of fused-ring (bicyclic) bond motifs is 3. The zero-order valence-corrected chi connectivity index (χ0v) is 11.7. The summed E-state index contributed by atoms with van der Waals surface area (Å²) in [7, 11) is 0. The fraction of sp³-hybridized carbons (Fsp3) is 0.800. The van der Waals surface area contributed by atoms with Crippen molar-refractivity contribution in [3.8, 4) is 0 Å². The van der Waals surface area contributed by atoms with Gasteiger partial charge < -0.3 is 4.57 Å². The molecule has 0 saturated heterocycles. The Morgan fingerprint density at radius 3 is 2.65 bits per heavy atom. The molecule has 0 radical (unpaired) electrons. The smallest absolute Gasteiger partial charge is 0.109 e. The third-order valence-electron chi connectivity index (χ3n) is 4.65. The van der Waals surface area contributed by atoms with E-state index in [-0.39, 0.29) is 0 Å². The van der Waals surface area contributed by atoms with Gasteiger partial charge in [0, 0.05) is 29.5 Å². The van der Waals surface area contributed by atoms with E-state index in [2.05, 4.69) is 39.2 Å². The molecule has 0 fully saturated rings. The summed E-state index contributed by atoms with van der Waals surface area (Å²) in [6.45, 7) is 11.8. The van der Waals surface area contributed by atoms with Gasteiger partial charge in [0.25, 0.3) is 0 Å². The summed E-state index contributed by atoms with van der Waals surface area (Å²) in [6.07, 6.45) is 3.73. The Kier molecular flexibility index (Phi) is 2.24. The van der Waals surface area contributed by atoms with Crippen LogP contribution in [0, 0.1) is 5.92 Å². The van der Waals surface area contributed by atoms with Crippen LogP contribution in [-0.4, -0.2) is 9.55 Å². The summed E-state index contributed by atoms with van der Waals surface area (Å²) in [5.74, 6) is 2.78. The minimum atomic E-state index is 0.314. The normalized spacial score (nSPS) is 34.5. The topological polar surface area (TPSA) is 17.8 Å². The van der Waals surface area contributed by atoms with E-state index in [0.717, 1.165) is 5.92 Å². The first kappa shape index (κ1) is 11.3. The second kappa shape index (κ2) is 3.37. The van der Waals surface area contributed by atoms with Crippen LogP contribution in [0.5, 0.6) is 0 Å². The van der Waals surface area contributed by atoms with Crippen LogP contribution in [0.2, 0.25) is 0 Å². The highest BCUT2D eigenvalue weighted by Crippen LogP contribution is 2.48. The molecule has 17 heavy (non-hydrogen) atoms. The van der Waals surface area contributed by atoms with Gasteiger partial charge in [-0.1, -0.05) is 27.7 Å². The van der Waals surface area contributed by atoms with Crippen molar-refractivity contribution in [2.24, 2.45) is 5.92 Å². The highest BCUT2D eigenvalue weighted by atomic mass is 15.1. The maximum Gasteiger partial charge on any atom is 0.109 e. The van der Waals surface area contributed by atoms with E-state index >= 15 is 0 Å². The Hall–Kier alpha value is -0.790. The Labute approximate surface area is 104 Å². The van der Waals surface area contributed by atoms with Crippen molar-refractivity contribution in [2.75, 3.05) is 0 Å². The summed E-state index contributed by atoms with van der Waals surface area (Å²) >= 11 is 0. The Balaban J connectivity index is 2.18. The van der Waals surface area contributed by atoms with Gasteiger partial charge in [-0.15, -0.1) is 0 Å². The third-order valence-corrected chi connectivity index (χ3v) is 4.65. The lowest BCUT2D eigenvalue weighted by Crippen LogP contribution is -2.27. The molecule has 2 heteroatoms. The van der Waals surface area contributed by atoms with Crippen molar-refractivity contribution in [1.82, 2.24) is 9.55 Å². The minimum Gasteiger partial charge on any atom is -0.328 e. The van der Waals surface area contributed by atoms with Crippen molar-refractivity contribution in [2.45, 2.75) is 71.3 Å². The van der Waals surface area contributed by atoms with Crippen LogP contribution in [-0.2, 0) is 11.8 Å². The average molecular weight is 232 g/mol. The number of hydrogen-bond acceptors (Lipinski definition) is 1. The quantitative estimate of drug-likeness (QED) is 0.665. The molecule has 0 aromatic carbocycles. The highest BCUT2D eigenvalue weighted by Gasteiger charge is 2.42. The van der Waals surface area contributed by atoms with Gasteiger partial charge in [-0.05, 0) is 25.7 Å². The fourth-order valence-corrected chi connectivity index (χ4v) is 4.18. The molecular formula is C15H24N2. The maximum absolute atomic E-state index is 4.97. The molecule has 0 N–H and O–H groups in total. The van der Waals surface area contributed by atoms with E-state index in [4.69, 9.17) is 4.98 Å². The number of aromatic nitrogens is 2. The van der Waals surface area contributed by atoms with Crippen LogP contribution in [0.25, 0.3) is 0 Å². The van der Waals surface area contributed by atoms with Gasteiger partial charge in [0.1, 0.15) is 5.82 Å². The SMILES string of the molecule is CC1Cc2nc3c(n2C(C)C1)C(C)(C)CC3C. The molecule has 1 aliphatic carbocycles. The monoisotopic (exact) mass is 232 g/mol.